The van der Waals surface area contributed by atoms with Crippen LogP contribution >= 0.6 is 0 Å². The van der Waals surface area contributed by atoms with E-state index in [4.69, 9.17) is 4.74 Å². The molecule has 0 aromatic heterocycles. The molecule has 0 saturated heterocycles. The van der Waals surface area contributed by atoms with Gasteiger partial charge in [-0.15, -0.1) is 0 Å². The lowest BCUT2D eigenvalue weighted by atomic mass is 10.0. The summed E-state index contributed by atoms with van der Waals surface area (Å²) in [6.07, 6.45) is 0. The summed E-state index contributed by atoms with van der Waals surface area (Å²) in [7, 11) is 1.56. The molecule has 0 heterocycles. The van der Waals surface area contributed by atoms with E-state index in [2.05, 4.69) is 5.32 Å². The highest BCUT2D eigenvalue weighted by molar-refractivity contribution is 6.05. The van der Waals surface area contributed by atoms with Crippen LogP contribution in [0.4, 0.5) is 5.69 Å². The lowest BCUT2D eigenvalue weighted by Crippen LogP contribution is -2.20. The molecule has 4 heteroatoms. The highest BCUT2D eigenvalue weighted by Gasteiger charge is 2.17. The van der Waals surface area contributed by atoms with E-state index in [1.807, 2.05) is 6.92 Å². The molecule has 0 unspecified atom stereocenters. The van der Waals surface area contributed by atoms with E-state index in [0.717, 1.165) is 5.56 Å². The third kappa shape index (κ3) is 2.88. The van der Waals surface area contributed by atoms with Crippen molar-refractivity contribution in [2.75, 3.05) is 12.4 Å². The van der Waals surface area contributed by atoms with Crippen molar-refractivity contribution in [3.63, 3.8) is 0 Å². The molecule has 18 heavy (non-hydrogen) atoms. The monoisotopic (exact) mass is 249 g/mol. The zero-order valence-electron chi connectivity index (χ0n) is 11.5. The maximum Gasteiger partial charge on any atom is 0.226 e. The highest BCUT2D eigenvalue weighted by atomic mass is 16.5. The van der Waals surface area contributed by atoms with Crippen LogP contribution in [0.3, 0.4) is 0 Å². The van der Waals surface area contributed by atoms with Gasteiger partial charge in [-0.05, 0) is 26.0 Å². The third-order valence-corrected chi connectivity index (χ3v) is 2.79. The summed E-state index contributed by atoms with van der Waals surface area (Å²) in [6, 6.07) is 3.40. The Kier molecular flexibility index (Phi) is 4.48. The summed E-state index contributed by atoms with van der Waals surface area (Å²) in [5.74, 6) is 0.308. The van der Waals surface area contributed by atoms with Gasteiger partial charge in [0.05, 0.1) is 12.8 Å². The molecule has 0 bridgehead atoms. The lowest BCUT2D eigenvalue weighted by molar-refractivity contribution is -0.118. The predicted molar refractivity (Wildman–Crippen MR) is 71.2 cm³/mol. The van der Waals surface area contributed by atoms with Gasteiger partial charge in [-0.25, -0.2) is 0 Å². The Morgan fingerprint density at radius 3 is 2.33 bits per heavy atom. The largest absolute Gasteiger partial charge is 0.496 e. The highest BCUT2D eigenvalue weighted by Crippen LogP contribution is 2.30. The molecule has 1 aromatic carbocycles. The van der Waals surface area contributed by atoms with Crippen molar-refractivity contribution in [2.45, 2.75) is 27.7 Å². The van der Waals surface area contributed by atoms with Crippen molar-refractivity contribution < 1.29 is 14.3 Å². The van der Waals surface area contributed by atoms with E-state index in [-0.39, 0.29) is 17.6 Å². The van der Waals surface area contributed by atoms with E-state index in [1.54, 1.807) is 33.1 Å². The quantitative estimate of drug-likeness (QED) is 0.835. The normalized spacial score (nSPS) is 10.3. The Bertz CT molecular complexity index is 478. The van der Waals surface area contributed by atoms with E-state index < -0.39 is 0 Å². The number of Topliss-reactive ketones (excluding diaryl/α,β-unsaturated/α-hetero) is 1. The van der Waals surface area contributed by atoms with E-state index in [1.165, 1.54) is 6.92 Å². The van der Waals surface area contributed by atoms with Crippen LogP contribution in [-0.4, -0.2) is 18.8 Å². The topological polar surface area (TPSA) is 55.4 Å². The minimum absolute atomic E-state index is 0.0835. The molecule has 4 nitrogen and oxygen atoms in total. The standard InChI is InChI=1S/C14H19NO3/c1-8(2)14(17)15-13-9(3)12(18-5)7-6-11(13)10(4)16/h6-8H,1-5H3,(H,15,17). The number of carbonyl (C=O) groups is 2. The van der Waals surface area contributed by atoms with E-state index in [0.29, 0.717) is 17.0 Å². The summed E-state index contributed by atoms with van der Waals surface area (Å²) < 4.78 is 5.20. The average molecular weight is 249 g/mol. The number of methoxy groups -OCH3 is 1. The fraction of sp³-hybridized carbons (Fsp3) is 0.429. The first-order valence-corrected chi connectivity index (χ1v) is 5.87. The van der Waals surface area contributed by atoms with Crippen LogP contribution < -0.4 is 10.1 Å². The molecule has 0 fully saturated rings. The van der Waals surface area contributed by atoms with Crippen LogP contribution in [0.25, 0.3) is 0 Å². The van der Waals surface area contributed by atoms with Crippen LogP contribution in [0.2, 0.25) is 0 Å². The van der Waals surface area contributed by atoms with Crippen LogP contribution in [0.1, 0.15) is 36.7 Å². The van der Waals surface area contributed by atoms with Gasteiger partial charge in [-0.3, -0.25) is 9.59 Å². The Morgan fingerprint density at radius 2 is 1.89 bits per heavy atom. The summed E-state index contributed by atoms with van der Waals surface area (Å²) in [6.45, 7) is 6.91. The maximum absolute atomic E-state index is 11.8. The SMILES string of the molecule is COc1ccc(C(C)=O)c(NC(=O)C(C)C)c1C. The van der Waals surface area contributed by atoms with Crippen LogP contribution in [0.15, 0.2) is 12.1 Å². The second kappa shape index (κ2) is 5.67. The Balaban J connectivity index is 3.28. The molecule has 1 amide bonds. The van der Waals surface area contributed by atoms with Gasteiger partial charge in [0, 0.05) is 17.0 Å². The minimum Gasteiger partial charge on any atom is -0.496 e. The first kappa shape index (κ1) is 14.2. The lowest BCUT2D eigenvalue weighted by Gasteiger charge is -2.16. The summed E-state index contributed by atoms with van der Waals surface area (Å²) in [5, 5.41) is 2.79. The summed E-state index contributed by atoms with van der Waals surface area (Å²) in [4.78, 5) is 23.4. The number of benzene rings is 1. The van der Waals surface area contributed by atoms with Crippen molar-refractivity contribution in [1.82, 2.24) is 0 Å². The molecule has 0 aliphatic carbocycles. The number of ketones is 1. The van der Waals surface area contributed by atoms with Crippen molar-refractivity contribution in [1.29, 1.82) is 0 Å². The van der Waals surface area contributed by atoms with Crippen molar-refractivity contribution in [3.05, 3.63) is 23.3 Å². The molecule has 1 N–H and O–H groups in total. The molecule has 0 saturated carbocycles. The van der Waals surface area contributed by atoms with E-state index >= 15 is 0 Å². The fourth-order valence-corrected chi connectivity index (χ4v) is 1.64. The molecule has 98 valence electrons. The number of hydrogen-bond acceptors (Lipinski definition) is 3. The van der Waals surface area contributed by atoms with Crippen molar-refractivity contribution in [2.24, 2.45) is 5.92 Å². The Labute approximate surface area is 107 Å². The number of carbonyl (C=O) groups excluding carboxylic acids is 2. The second-order valence-corrected chi connectivity index (χ2v) is 4.52. The van der Waals surface area contributed by atoms with Crippen molar-refractivity contribution in [3.8, 4) is 5.75 Å². The third-order valence-electron chi connectivity index (χ3n) is 2.79. The van der Waals surface area contributed by atoms with E-state index in [9.17, 15) is 9.59 Å². The molecule has 0 aliphatic heterocycles. The molecular formula is C14H19NO3. The van der Waals surface area contributed by atoms with Gasteiger partial charge in [-0.1, -0.05) is 13.8 Å². The Morgan fingerprint density at radius 1 is 1.28 bits per heavy atom. The van der Waals surface area contributed by atoms with Crippen molar-refractivity contribution >= 4 is 17.4 Å². The number of amides is 1. The average Bonchev–Trinajstić information content (AvgIpc) is 2.30. The number of ether oxygens (including phenoxy) is 1. The van der Waals surface area contributed by atoms with Gasteiger partial charge in [0.15, 0.2) is 5.78 Å². The van der Waals surface area contributed by atoms with Gasteiger partial charge >= 0.3 is 0 Å². The van der Waals surface area contributed by atoms with Gasteiger partial charge in [-0.2, -0.15) is 0 Å². The molecule has 0 atom stereocenters. The first-order valence-electron chi connectivity index (χ1n) is 5.87. The number of rotatable bonds is 4. The van der Waals surface area contributed by atoms with Crippen LogP contribution in [0.5, 0.6) is 5.75 Å². The first-order chi connectivity index (χ1) is 8.38. The van der Waals surface area contributed by atoms with Crippen LogP contribution in [-0.2, 0) is 4.79 Å². The zero-order valence-corrected chi connectivity index (χ0v) is 11.5. The zero-order chi connectivity index (χ0) is 13.9. The summed E-state index contributed by atoms with van der Waals surface area (Å²) >= 11 is 0. The molecule has 0 aliphatic rings. The van der Waals surface area contributed by atoms with Gasteiger partial charge in [0.2, 0.25) is 5.91 Å². The molecular weight excluding hydrogens is 230 g/mol. The van der Waals surface area contributed by atoms with Gasteiger partial charge in [0.25, 0.3) is 0 Å². The number of anilines is 1. The maximum atomic E-state index is 11.8. The smallest absolute Gasteiger partial charge is 0.226 e. The Hall–Kier alpha value is -1.84. The molecule has 0 radical (unpaired) electrons. The number of nitrogens with one attached hydrogen (secondary N) is 1. The fourth-order valence-electron chi connectivity index (χ4n) is 1.64. The van der Waals surface area contributed by atoms with Crippen LogP contribution in [0, 0.1) is 12.8 Å². The predicted octanol–water partition coefficient (Wildman–Crippen LogP) is 2.80. The molecule has 0 spiro atoms. The van der Waals surface area contributed by atoms with Gasteiger partial charge in [0.1, 0.15) is 5.75 Å². The molecule has 1 aromatic rings. The summed E-state index contributed by atoms with van der Waals surface area (Å²) in [5.41, 5.74) is 1.81. The minimum atomic E-state index is -0.143. The number of hydrogen-bond donors (Lipinski definition) is 1. The second-order valence-electron chi connectivity index (χ2n) is 4.52. The molecule has 1 rings (SSSR count). The van der Waals surface area contributed by atoms with Gasteiger partial charge < -0.3 is 10.1 Å².